The Kier molecular flexibility index (Phi) is 5.83. The van der Waals surface area contributed by atoms with Crippen LogP contribution >= 0.6 is 0 Å². The third kappa shape index (κ3) is 4.56. The Balaban J connectivity index is 1.58. The number of rotatable bonds is 6. The predicted octanol–water partition coefficient (Wildman–Crippen LogP) is 3.46. The average Bonchev–Trinajstić information content (AvgIpc) is 2.63. The number of hydrogen-bond donors (Lipinski definition) is 2. The first kappa shape index (κ1) is 16.9. The summed E-state index contributed by atoms with van der Waals surface area (Å²) in [6.07, 6.45) is 5.92. The van der Waals surface area contributed by atoms with Crippen molar-refractivity contribution in [3.05, 3.63) is 59.9 Å². The van der Waals surface area contributed by atoms with Crippen LogP contribution in [0.15, 0.2) is 48.8 Å². The van der Waals surface area contributed by atoms with Gasteiger partial charge in [0.1, 0.15) is 0 Å². The van der Waals surface area contributed by atoms with E-state index in [0.717, 1.165) is 38.2 Å². The van der Waals surface area contributed by atoms with Gasteiger partial charge in [-0.15, -0.1) is 0 Å². The monoisotopic (exact) mass is 325 g/mol. The standard InChI is InChI=1S/C20H27N3O/c1-16(19-5-3-9-21-13-19)22-20-6-2-4-18(12-20)14-23-10-7-17(15-24)8-11-23/h2-6,9,12-13,16-17,22,24H,7-8,10-11,14-15H2,1H3. The Morgan fingerprint density at radius 2 is 2.08 bits per heavy atom. The zero-order chi connectivity index (χ0) is 16.8. The lowest BCUT2D eigenvalue weighted by Crippen LogP contribution is -2.34. The van der Waals surface area contributed by atoms with Gasteiger partial charge in [-0.25, -0.2) is 0 Å². The first-order chi connectivity index (χ1) is 11.7. The number of aliphatic hydroxyl groups is 1. The highest BCUT2D eigenvalue weighted by Gasteiger charge is 2.18. The normalized spacial score (nSPS) is 17.6. The Labute approximate surface area is 144 Å². The van der Waals surface area contributed by atoms with E-state index in [2.05, 4.69) is 52.5 Å². The molecule has 0 radical (unpaired) electrons. The number of nitrogens with one attached hydrogen (secondary N) is 1. The summed E-state index contributed by atoms with van der Waals surface area (Å²) < 4.78 is 0. The van der Waals surface area contributed by atoms with Crippen LogP contribution < -0.4 is 5.32 Å². The molecule has 0 amide bonds. The van der Waals surface area contributed by atoms with Gasteiger partial charge in [-0.1, -0.05) is 18.2 Å². The number of benzene rings is 1. The van der Waals surface area contributed by atoms with Crippen molar-refractivity contribution in [2.75, 3.05) is 25.0 Å². The number of piperidine rings is 1. The molecule has 2 N–H and O–H groups in total. The molecule has 1 saturated heterocycles. The molecule has 1 aromatic carbocycles. The summed E-state index contributed by atoms with van der Waals surface area (Å²) in [4.78, 5) is 6.67. The second-order valence-electron chi connectivity index (χ2n) is 6.75. The zero-order valence-electron chi connectivity index (χ0n) is 14.4. The van der Waals surface area contributed by atoms with Crippen LogP contribution in [0.3, 0.4) is 0 Å². The summed E-state index contributed by atoms with van der Waals surface area (Å²) in [6.45, 7) is 5.63. The second-order valence-corrected chi connectivity index (χ2v) is 6.75. The fourth-order valence-corrected chi connectivity index (χ4v) is 3.31. The molecule has 0 aliphatic carbocycles. The molecule has 0 bridgehead atoms. The Morgan fingerprint density at radius 1 is 1.25 bits per heavy atom. The zero-order valence-corrected chi connectivity index (χ0v) is 14.4. The van der Waals surface area contributed by atoms with Gasteiger partial charge in [-0.3, -0.25) is 9.88 Å². The van der Waals surface area contributed by atoms with Crippen LogP contribution in [0.25, 0.3) is 0 Å². The van der Waals surface area contributed by atoms with Gasteiger partial charge in [0, 0.05) is 31.2 Å². The Hall–Kier alpha value is -1.91. The van der Waals surface area contributed by atoms with Crippen LogP contribution in [0.4, 0.5) is 5.69 Å². The van der Waals surface area contributed by atoms with Gasteiger partial charge in [0.05, 0.1) is 6.04 Å². The third-order valence-electron chi connectivity index (χ3n) is 4.87. The van der Waals surface area contributed by atoms with Crippen LogP contribution in [0.5, 0.6) is 0 Å². The van der Waals surface area contributed by atoms with Crippen molar-refractivity contribution in [1.82, 2.24) is 9.88 Å². The molecule has 1 fully saturated rings. The maximum absolute atomic E-state index is 9.25. The minimum atomic E-state index is 0.231. The molecule has 1 aliphatic rings. The van der Waals surface area contributed by atoms with Gasteiger partial charge < -0.3 is 10.4 Å². The van der Waals surface area contributed by atoms with Gasteiger partial charge >= 0.3 is 0 Å². The smallest absolute Gasteiger partial charge is 0.0500 e. The van der Waals surface area contributed by atoms with Crippen LogP contribution in [-0.4, -0.2) is 34.7 Å². The number of anilines is 1. The Morgan fingerprint density at radius 3 is 2.79 bits per heavy atom. The van der Waals surface area contributed by atoms with E-state index in [-0.39, 0.29) is 6.04 Å². The molecule has 0 saturated carbocycles. The number of pyridine rings is 1. The minimum absolute atomic E-state index is 0.231. The number of aliphatic hydroxyl groups excluding tert-OH is 1. The highest BCUT2D eigenvalue weighted by molar-refractivity contribution is 5.47. The van der Waals surface area contributed by atoms with Crippen molar-refractivity contribution >= 4 is 5.69 Å². The summed E-state index contributed by atoms with van der Waals surface area (Å²) in [5, 5.41) is 12.8. The lowest BCUT2D eigenvalue weighted by Gasteiger charge is -2.31. The summed E-state index contributed by atoms with van der Waals surface area (Å²) in [5.74, 6) is 0.495. The molecule has 128 valence electrons. The van der Waals surface area contributed by atoms with Crippen LogP contribution in [0.2, 0.25) is 0 Å². The van der Waals surface area contributed by atoms with E-state index >= 15 is 0 Å². The number of hydrogen-bond acceptors (Lipinski definition) is 4. The lowest BCUT2D eigenvalue weighted by atomic mass is 9.97. The van der Waals surface area contributed by atoms with Gasteiger partial charge in [0.2, 0.25) is 0 Å². The van der Waals surface area contributed by atoms with Crippen molar-refractivity contribution in [2.45, 2.75) is 32.4 Å². The number of nitrogens with zero attached hydrogens (tertiary/aromatic N) is 2. The van der Waals surface area contributed by atoms with Crippen LogP contribution in [0, 0.1) is 5.92 Å². The Bertz CT molecular complexity index is 624. The van der Waals surface area contributed by atoms with E-state index in [0.29, 0.717) is 12.5 Å². The molecular weight excluding hydrogens is 298 g/mol. The molecule has 4 heteroatoms. The van der Waals surface area contributed by atoms with Gasteiger partial charge in [-0.05, 0) is 68.1 Å². The maximum Gasteiger partial charge on any atom is 0.0500 e. The number of aromatic nitrogens is 1. The molecule has 1 atom stereocenters. The quantitative estimate of drug-likeness (QED) is 0.854. The molecule has 1 aromatic heterocycles. The maximum atomic E-state index is 9.25. The molecule has 4 nitrogen and oxygen atoms in total. The largest absolute Gasteiger partial charge is 0.396 e. The van der Waals surface area contributed by atoms with Crippen molar-refractivity contribution in [1.29, 1.82) is 0 Å². The first-order valence-corrected chi connectivity index (χ1v) is 8.83. The highest BCUT2D eigenvalue weighted by Crippen LogP contribution is 2.22. The van der Waals surface area contributed by atoms with E-state index in [1.54, 1.807) is 6.20 Å². The van der Waals surface area contributed by atoms with Gasteiger partial charge in [0.25, 0.3) is 0 Å². The molecule has 0 spiro atoms. The van der Waals surface area contributed by atoms with E-state index in [4.69, 9.17) is 0 Å². The van der Waals surface area contributed by atoms with Crippen LogP contribution in [0.1, 0.15) is 36.9 Å². The van der Waals surface area contributed by atoms with Gasteiger partial charge in [0.15, 0.2) is 0 Å². The van der Waals surface area contributed by atoms with Crippen molar-refractivity contribution in [3.63, 3.8) is 0 Å². The molecular formula is C20H27N3O. The van der Waals surface area contributed by atoms with E-state index in [1.807, 2.05) is 12.3 Å². The molecule has 2 heterocycles. The topological polar surface area (TPSA) is 48.4 Å². The number of likely N-dealkylation sites (tertiary alicyclic amines) is 1. The minimum Gasteiger partial charge on any atom is -0.396 e. The highest BCUT2D eigenvalue weighted by atomic mass is 16.3. The molecule has 2 aromatic rings. The van der Waals surface area contributed by atoms with Crippen LogP contribution in [-0.2, 0) is 6.54 Å². The third-order valence-corrected chi connectivity index (χ3v) is 4.87. The average molecular weight is 325 g/mol. The fourth-order valence-electron chi connectivity index (χ4n) is 3.31. The van der Waals surface area contributed by atoms with Gasteiger partial charge in [-0.2, -0.15) is 0 Å². The fraction of sp³-hybridized carbons (Fsp3) is 0.450. The van der Waals surface area contributed by atoms with Crippen molar-refractivity contribution < 1.29 is 5.11 Å². The van der Waals surface area contributed by atoms with E-state index in [9.17, 15) is 5.11 Å². The predicted molar refractivity (Wildman–Crippen MR) is 97.8 cm³/mol. The SMILES string of the molecule is CC(Nc1cccc(CN2CCC(CO)CC2)c1)c1cccnc1. The molecule has 1 aliphatic heterocycles. The van der Waals surface area contributed by atoms with Crippen molar-refractivity contribution in [3.8, 4) is 0 Å². The molecule has 24 heavy (non-hydrogen) atoms. The summed E-state index contributed by atoms with van der Waals surface area (Å²) in [5.41, 5.74) is 3.67. The molecule has 1 unspecified atom stereocenters. The lowest BCUT2D eigenvalue weighted by molar-refractivity contribution is 0.127. The molecule has 3 rings (SSSR count). The summed E-state index contributed by atoms with van der Waals surface area (Å²) in [7, 11) is 0. The van der Waals surface area contributed by atoms with E-state index in [1.165, 1.54) is 11.1 Å². The van der Waals surface area contributed by atoms with E-state index < -0.39 is 0 Å². The second kappa shape index (κ2) is 8.27. The summed E-state index contributed by atoms with van der Waals surface area (Å²) in [6, 6.07) is 13.0. The van der Waals surface area contributed by atoms with Crippen molar-refractivity contribution in [2.24, 2.45) is 5.92 Å². The summed E-state index contributed by atoms with van der Waals surface area (Å²) >= 11 is 0. The first-order valence-electron chi connectivity index (χ1n) is 8.83.